The molecule has 0 atom stereocenters. The van der Waals surface area contributed by atoms with Crippen LogP contribution in [0.4, 0.5) is 13.2 Å². The maximum absolute atomic E-state index is 11.9. The highest BCUT2D eigenvalue weighted by Gasteiger charge is 2.30. The second kappa shape index (κ2) is 2.77. The fourth-order valence-electron chi connectivity index (χ4n) is 0.630. The van der Waals surface area contributed by atoms with E-state index in [2.05, 4.69) is 18.7 Å². The average Bonchev–Trinajstić information content (AvgIpc) is 1.86. The molecule has 11 heavy (non-hydrogen) atoms. The molecule has 4 heteroatoms. The summed E-state index contributed by atoms with van der Waals surface area (Å²) in [5, 5.41) is 0. The Kier molecular flexibility index (Phi) is 2.13. The van der Waals surface area contributed by atoms with Gasteiger partial charge in [-0.2, -0.15) is 13.2 Å². The van der Waals surface area contributed by atoms with Gasteiger partial charge in [-0.25, -0.2) is 0 Å². The minimum Gasteiger partial charge on any atom is -0.166 e. The summed E-state index contributed by atoms with van der Waals surface area (Å²) in [5.74, 6) is 0. The zero-order chi connectivity index (χ0) is 8.48. The Bertz CT molecular complexity index is 254. The van der Waals surface area contributed by atoms with Gasteiger partial charge >= 0.3 is 6.18 Å². The van der Waals surface area contributed by atoms with E-state index in [1.165, 1.54) is 6.07 Å². The Labute approximate surface area is 67.4 Å². The normalized spacial score (nSPS) is 11.6. The number of rotatable bonds is 0. The molecule has 0 unspecified atom stereocenters. The summed E-state index contributed by atoms with van der Waals surface area (Å²) in [4.78, 5) is 0.194. The lowest BCUT2D eigenvalue weighted by Gasteiger charge is -2.05. The molecule has 1 rings (SSSR count). The number of alkyl halides is 3. The third-order valence-corrected chi connectivity index (χ3v) is 1.37. The van der Waals surface area contributed by atoms with Crippen LogP contribution in [-0.2, 0) is 6.18 Å². The second-order valence-corrected chi connectivity index (χ2v) is 2.44. The van der Waals surface area contributed by atoms with Crippen LogP contribution >= 0.6 is 12.6 Å². The molecule has 0 fully saturated rings. The van der Waals surface area contributed by atoms with Crippen molar-refractivity contribution in [1.29, 1.82) is 0 Å². The molecule has 0 nitrogen and oxygen atoms in total. The Morgan fingerprint density at radius 2 is 2.00 bits per heavy atom. The van der Waals surface area contributed by atoms with Crippen LogP contribution in [0, 0.1) is 6.07 Å². The summed E-state index contributed by atoms with van der Waals surface area (Å²) < 4.78 is 35.8. The third kappa shape index (κ3) is 2.15. The first kappa shape index (κ1) is 8.46. The fraction of sp³-hybridized carbons (Fsp3) is 0.143. The van der Waals surface area contributed by atoms with Gasteiger partial charge in [0.15, 0.2) is 0 Å². The van der Waals surface area contributed by atoms with E-state index in [0.29, 0.717) is 0 Å². The molecule has 1 radical (unpaired) electrons. The minimum atomic E-state index is -4.29. The number of benzene rings is 1. The molecule has 0 aliphatic carbocycles. The zero-order valence-electron chi connectivity index (χ0n) is 5.31. The average molecular weight is 177 g/mol. The highest BCUT2D eigenvalue weighted by Crippen LogP contribution is 2.29. The van der Waals surface area contributed by atoms with Crippen LogP contribution in [0.1, 0.15) is 5.56 Å². The molecule has 0 N–H and O–H groups in total. The lowest BCUT2D eigenvalue weighted by Crippen LogP contribution is -2.03. The minimum absolute atomic E-state index is 0.194. The molecule has 0 aliphatic heterocycles. The standard InChI is InChI=1S/C7H4F3S/c8-7(9,10)5-2-1-3-6(11)4-5/h1-2,4,11H. The smallest absolute Gasteiger partial charge is 0.166 e. The summed E-state index contributed by atoms with van der Waals surface area (Å²) in [6.07, 6.45) is -4.29. The molecule has 0 heterocycles. The second-order valence-electron chi connectivity index (χ2n) is 1.96. The van der Waals surface area contributed by atoms with Gasteiger partial charge in [0, 0.05) is 4.90 Å². The SMILES string of the molecule is FC(F)(F)c1cc[c]c(S)c1. The van der Waals surface area contributed by atoms with Gasteiger partial charge in [0.1, 0.15) is 0 Å². The van der Waals surface area contributed by atoms with Crippen LogP contribution in [0.15, 0.2) is 23.1 Å². The van der Waals surface area contributed by atoms with Crippen molar-refractivity contribution >= 4 is 12.6 Å². The van der Waals surface area contributed by atoms with Crippen LogP contribution in [0.25, 0.3) is 0 Å². The van der Waals surface area contributed by atoms with Crippen molar-refractivity contribution in [2.24, 2.45) is 0 Å². The Morgan fingerprint density at radius 3 is 2.36 bits per heavy atom. The molecule has 0 aliphatic rings. The highest BCUT2D eigenvalue weighted by atomic mass is 32.1. The molecule has 0 spiro atoms. The van der Waals surface area contributed by atoms with Gasteiger partial charge in [-0.05, 0) is 18.2 Å². The van der Waals surface area contributed by atoms with Crippen molar-refractivity contribution < 1.29 is 13.2 Å². The maximum Gasteiger partial charge on any atom is 0.416 e. The first-order valence-corrected chi connectivity index (χ1v) is 3.23. The van der Waals surface area contributed by atoms with E-state index in [-0.39, 0.29) is 4.90 Å². The molecule has 1 aromatic rings. The molecular formula is C7H4F3S. The van der Waals surface area contributed by atoms with Gasteiger partial charge in [-0.15, -0.1) is 12.6 Å². The monoisotopic (exact) mass is 177 g/mol. The molecule has 59 valence electrons. The number of hydrogen-bond donors (Lipinski definition) is 1. The van der Waals surface area contributed by atoms with Gasteiger partial charge in [-0.1, -0.05) is 6.07 Å². The van der Waals surface area contributed by atoms with E-state index >= 15 is 0 Å². The van der Waals surface area contributed by atoms with E-state index in [9.17, 15) is 13.2 Å². The first-order chi connectivity index (χ1) is 5.00. The quantitative estimate of drug-likeness (QED) is 0.579. The van der Waals surface area contributed by atoms with Crippen LogP contribution in [0.2, 0.25) is 0 Å². The molecule has 0 amide bonds. The summed E-state index contributed by atoms with van der Waals surface area (Å²) in [6.45, 7) is 0. The van der Waals surface area contributed by atoms with E-state index in [1.807, 2.05) is 0 Å². The van der Waals surface area contributed by atoms with Crippen LogP contribution < -0.4 is 0 Å². The molecule has 0 aromatic heterocycles. The highest BCUT2D eigenvalue weighted by molar-refractivity contribution is 7.80. The summed E-state index contributed by atoms with van der Waals surface area (Å²) in [7, 11) is 0. The lowest BCUT2D eigenvalue weighted by molar-refractivity contribution is -0.137. The van der Waals surface area contributed by atoms with Crippen molar-refractivity contribution in [3.05, 3.63) is 29.8 Å². The van der Waals surface area contributed by atoms with Crippen molar-refractivity contribution in [3.8, 4) is 0 Å². The topological polar surface area (TPSA) is 0 Å². The lowest BCUT2D eigenvalue weighted by atomic mass is 10.2. The van der Waals surface area contributed by atoms with Crippen LogP contribution in [0.5, 0.6) is 0 Å². The van der Waals surface area contributed by atoms with E-state index < -0.39 is 11.7 Å². The van der Waals surface area contributed by atoms with Gasteiger partial charge in [0.25, 0.3) is 0 Å². The Morgan fingerprint density at radius 1 is 1.36 bits per heavy atom. The van der Waals surface area contributed by atoms with Gasteiger partial charge < -0.3 is 0 Å². The van der Waals surface area contributed by atoms with E-state index in [1.54, 1.807) is 0 Å². The first-order valence-electron chi connectivity index (χ1n) is 2.78. The van der Waals surface area contributed by atoms with Crippen LogP contribution in [-0.4, -0.2) is 0 Å². The molecule has 0 saturated heterocycles. The predicted molar refractivity (Wildman–Crippen MR) is 37.5 cm³/mol. The van der Waals surface area contributed by atoms with Crippen molar-refractivity contribution in [2.45, 2.75) is 11.1 Å². The van der Waals surface area contributed by atoms with Crippen LogP contribution in [0.3, 0.4) is 0 Å². The Balaban J connectivity index is 3.06. The predicted octanol–water partition coefficient (Wildman–Crippen LogP) is 2.79. The molecule has 1 aromatic carbocycles. The largest absolute Gasteiger partial charge is 0.416 e. The molecule has 0 saturated carbocycles. The maximum atomic E-state index is 11.9. The van der Waals surface area contributed by atoms with E-state index in [4.69, 9.17) is 0 Å². The fourth-order valence-corrected chi connectivity index (χ4v) is 0.844. The van der Waals surface area contributed by atoms with Gasteiger partial charge in [0.2, 0.25) is 0 Å². The molecular weight excluding hydrogens is 173 g/mol. The van der Waals surface area contributed by atoms with Crippen molar-refractivity contribution in [1.82, 2.24) is 0 Å². The van der Waals surface area contributed by atoms with Crippen molar-refractivity contribution in [3.63, 3.8) is 0 Å². The van der Waals surface area contributed by atoms with Gasteiger partial charge in [-0.3, -0.25) is 0 Å². The Hall–Kier alpha value is -0.640. The number of thiol groups is 1. The van der Waals surface area contributed by atoms with Gasteiger partial charge in [0.05, 0.1) is 5.56 Å². The summed E-state index contributed by atoms with van der Waals surface area (Å²) >= 11 is 3.73. The zero-order valence-corrected chi connectivity index (χ0v) is 6.21. The summed E-state index contributed by atoms with van der Waals surface area (Å²) in [6, 6.07) is 5.60. The van der Waals surface area contributed by atoms with E-state index in [0.717, 1.165) is 12.1 Å². The third-order valence-electron chi connectivity index (χ3n) is 1.11. The summed E-state index contributed by atoms with van der Waals surface area (Å²) in [5.41, 5.74) is -0.693. The number of halogens is 3. The molecule has 0 bridgehead atoms. The van der Waals surface area contributed by atoms with Crippen molar-refractivity contribution in [2.75, 3.05) is 0 Å². The number of hydrogen-bond acceptors (Lipinski definition) is 1.